The van der Waals surface area contributed by atoms with Crippen LogP contribution in [0.25, 0.3) is 0 Å². The highest BCUT2D eigenvalue weighted by atomic mass is 79.9. The monoisotopic (exact) mass is 221 g/mol. The number of alkyl halides is 1. The quantitative estimate of drug-likeness (QED) is 0.661. The molecule has 0 heterocycles. The van der Waals surface area contributed by atoms with Crippen molar-refractivity contribution in [2.45, 2.75) is 43.9 Å². The van der Waals surface area contributed by atoms with Crippen LogP contribution in [0, 0.1) is 0 Å². The molecule has 0 bridgehead atoms. The zero-order valence-electron chi connectivity index (χ0n) is 7.02. The van der Waals surface area contributed by atoms with Crippen molar-refractivity contribution < 1.29 is 9.90 Å². The van der Waals surface area contributed by atoms with Crippen molar-refractivity contribution in [1.82, 2.24) is 0 Å². The van der Waals surface area contributed by atoms with Crippen molar-refractivity contribution in [2.75, 3.05) is 0 Å². The number of carboxylic acid groups (broad SMARTS) is 1. The van der Waals surface area contributed by atoms with Crippen molar-refractivity contribution in [2.24, 2.45) is 0 Å². The van der Waals surface area contributed by atoms with Crippen molar-refractivity contribution in [1.29, 1.82) is 0 Å². The molecule has 0 amide bonds. The summed E-state index contributed by atoms with van der Waals surface area (Å²) in [5, 5.41) is 10.6. The molecular weight excluding hydrogens is 208 g/mol. The fourth-order valence-electron chi connectivity index (χ4n) is 0.880. The molecule has 0 radical (unpaired) electrons. The first-order valence-corrected chi connectivity index (χ1v) is 4.76. The van der Waals surface area contributed by atoms with Crippen LogP contribution in [0.3, 0.4) is 0 Å². The third-order valence-electron chi connectivity index (χ3n) is 1.85. The van der Waals surface area contributed by atoms with Crippen molar-refractivity contribution in [3.63, 3.8) is 0 Å². The lowest BCUT2D eigenvalue weighted by atomic mass is 9.99. The molecule has 66 valence electrons. The van der Waals surface area contributed by atoms with Gasteiger partial charge in [0.15, 0.2) is 0 Å². The molecule has 11 heavy (non-hydrogen) atoms. The maximum absolute atomic E-state index is 10.6. The molecule has 0 aromatic rings. The number of rotatable bonds is 5. The Hall–Kier alpha value is -0.0500. The van der Waals surface area contributed by atoms with Crippen molar-refractivity contribution in [3.05, 3.63) is 0 Å². The first-order valence-electron chi connectivity index (χ1n) is 3.97. The second kappa shape index (κ2) is 4.75. The number of carbonyl (C=O) groups excluding carboxylic acids is 1. The van der Waals surface area contributed by atoms with Crippen LogP contribution in [0.2, 0.25) is 0 Å². The maximum atomic E-state index is 10.6. The lowest BCUT2D eigenvalue weighted by molar-refractivity contribution is -0.309. The minimum absolute atomic E-state index is 0.579. The SMILES string of the molecule is CCCCC(Br)(CC)C(=O)[O-]. The second-order valence-corrected chi connectivity index (χ2v) is 4.23. The average Bonchev–Trinajstić information content (AvgIpc) is 2.00. The molecule has 2 nitrogen and oxygen atoms in total. The van der Waals surface area contributed by atoms with Crippen LogP contribution in [-0.4, -0.2) is 10.3 Å². The fraction of sp³-hybridized carbons (Fsp3) is 0.875. The van der Waals surface area contributed by atoms with Gasteiger partial charge in [0.2, 0.25) is 0 Å². The van der Waals surface area contributed by atoms with Crippen LogP contribution in [0.5, 0.6) is 0 Å². The average molecular weight is 222 g/mol. The van der Waals surface area contributed by atoms with Crippen LogP contribution in [-0.2, 0) is 4.79 Å². The molecule has 0 aromatic heterocycles. The molecule has 1 unspecified atom stereocenters. The van der Waals surface area contributed by atoms with E-state index in [2.05, 4.69) is 15.9 Å². The third kappa shape index (κ3) is 3.23. The van der Waals surface area contributed by atoms with Crippen LogP contribution < -0.4 is 5.11 Å². The first-order chi connectivity index (χ1) is 5.06. The number of hydrogen-bond acceptors (Lipinski definition) is 2. The molecule has 0 spiro atoms. The van der Waals surface area contributed by atoms with E-state index in [4.69, 9.17) is 0 Å². The van der Waals surface area contributed by atoms with E-state index in [9.17, 15) is 9.90 Å². The van der Waals surface area contributed by atoms with Gasteiger partial charge in [-0.2, -0.15) is 0 Å². The zero-order chi connectivity index (χ0) is 8.91. The van der Waals surface area contributed by atoms with Crippen LogP contribution in [0.1, 0.15) is 39.5 Å². The van der Waals surface area contributed by atoms with Crippen molar-refractivity contribution >= 4 is 21.9 Å². The largest absolute Gasteiger partial charge is 0.549 e. The number of carbonyl (C=O) groups is 1. The topological polar surface area (TPSA) is 40.1 Å². The van der Waals surface area contributed by atoms with Gasteiger partial charge in [-0.1, -0.05) is 42.6 Å². The predicted molar refractivity (Wildman–Crippen MR) is 46.5 cm³/mol. The van der Waals surface area contributed by atoms with Crippen LogP contribution in [0.4, 0.5) is 0 Å². The predicted octanol–water partition coefficient (Wildman–Crippen LogP) is 1.47. The highest BCUT2D eigenvalue weighted by molar-refractivity contribution is 9.10. The molecule has 0 aromatic carbocycles. The zero-order valence-corrected chi connectivity index (χ0v) is 8.61. The summed E-state index contributed by atoms with van der Waals surface area (Å²) in [4.78, 5) is 10.6. The molecule has 3 heteroatoms. The lowest BCUT2D eigenvalue weighted by Gasteiger charge is -2.26. The van der Waals surface area contributed by atoms with Gasteiger partial charge in [0, 0.05) is 0 Å². The molecule has 0 saturated heterocycles. The Morgan fingerprint density at radius 3 is 2.36 bits per heavy atom. The highest BCUT2D eigenvalue weighted by Gasteiger charge is 2.24. The van der Waals surface area contributed by atoms with Crippen LogP contribution in [0.15, 0.2) is 0 Å². The summed E-state index contributed by atoms with van der Waals surface area (Å²) in [5.41, 5.74) is 0. The van der Waals surface area contributed by atoms with Gasteiger partial charge < -0.3 is 9.90 Å². The van der Waals surface area contributed by atoms with E-state index in [0.717, 1.165) is 12.8 Å². The Labute approximate surface area is 76.1 Å². The Balaban J connectivity index is 3.99. The molecule has 0 saturated carbocycles. The first kappa shape index (κ1) is 11.0. The summed E-state index contributed by atoms with van der Waals surface area (Å²) >= 11 is 3.19. The Kier molecular flexibility index (Phi) is 4.73. The standard InChI is InChI=1S/C8H15BrO2/c1-3-5-6-8(9,4-2)7(10)11/h3-6H2,1-2H3,(H,10,11)/p-1. The normalized spacial score (nSPS) is 15.9. The van der Waals surface area contributed by atoms with Gasteiger partial charge in [-0.25, -0.2) is 0 Å². The lowest BCUT2D eigenvalue weighted by Crippen LogP contribution is -2.43. The summed E-state index contributed by atoms with van der Waals surface area (Å²) in [6.07, 6.45) is 3.17. The van der Waals surface area contributed by atoms with E-state index in [0.29, 0.717) is 12.8 Å². The Bertz CT molecular complexity index is 136. The van der Waals surface area contributed by atoms with E-state index in [-0.39, 0.29) is 0 Å². The van der Waals surface area contributed by atoms with Crippen molar-refractivity contribution in [3.8, 4) is 0 Å². The van der Waals surface area contributed by atoms with Gasteiger partial charge in [0.25, 0.3) is 0 Å². The van der Waals surface area contributed by atoms with Gasteiger partial charge in [-0.15, -0.1) is 0 Å². The molecule has 0 fully saturated rings. The van der Waals surface area contributed by atoms with E-state index in [1.54, 1.807) is 0 Å². The van der Waals surface area contributed by atoms with Crippen LogP contribution >= 0.6 is 15.9 Å². The molecule has 0 aliphatic carbocycles. The minimum atomic E-state index is -0.992. The summed E-state index contributed by atoms with van der Waals surface area (Å²) in [6.45, 7) is 3.89. The van der Waals surface area contributed by atoms with Gasteiger partial charge in [-0.05, 0) is 12.8 Å². The van der Waals surface area contributed by atoms with E-state index in [1.165, 1.54) is 0 Å². The summed E-state index contributed by atoms with van der Waals surface area (Å²) < 4.78 is -0.789. The van der Waals surface area contributed by atoms with Gasteiger partial charge in [-0.3, -0.25) is 0 Å². The molecule has 0 aliphatic rings. The summed E-state index contributed by atoms with van der Waals surface area (Å²) in [7, 11) is 0. The number of carboxylic acids is 1. The summed E-state index contributed by atoms with van der Waals surface area (Å²) in [5.74, 6) is -0.992. The third-order valence-corrected chi connectivity index (χ3v) is 3.13. The van der Waals surface area contributed by atoms with E-state index >= 15 is 0 Å². The van der Waals surface area contributed by atoms with E-state index < -0.39 is 10.3 Å². The minimum Gasteiger partial charge on any atom is -0.549 e. The molecule has 0 N–H and O–H groups in total. The number of unbranched alkanes of at least 4 members (excludes halogenated alkanes) is 1. The number of aliphatic carboxylic acids is 1. The summed E-state index contributed by atoms with van der Waals surface area (Å²) in [6, 6.07) is 0. The maximum Gasteiger partial charge on any atom is 0.0648 e. The number of hydrogen-bond donors (Lipinski definition) is 0. The van der Waals surface area contributed by atoms with Gasteiger partial charge in [0.1, 0.15) is 0 Å². The Morgan fingerprint density at radius 1 is 1.55 bits per heavy atom. The second-order valence-electron chi connectivity index (χ2n) is 2.71. The highest BCUT2D eigenvalue weighted by Crippen LogP contribution is 2.27. The smallest absolute Gasteiger partial charge is 0.0648 e. The molecule has 1 atom stereocenters. The molecular formula is C8H14BrO2-. The number of halogens is 1. The molecule has 0 aliphatic heterocycles. The van der Waals surface area contributed by atoms with E-state index in [1.807, 2.05) is 13.8 Å². The Morgan fingerprint density at radius 2 is 2.09 bits per heavy atom. The van der Waals surface area contributed by atoms with Gasteiger partial charge >= 0.3 is 0 Å². The fourth-order valence-corrected chi connectivity index (χ4v) is 1.16. The molecule has 0 rings (SSSR count). The van der Waals surface area contributed by atoms with Gasteiger partial charge in [0.05, 0.1) is 10.3 Å².